The summed E-state index contributed by atoms with van der Waals surface area (Å²) in [5, 5.41) is 7.75. The number of rotatable bonds is 3. The van der Waals surface area contributed by atoms with E-state index in [1.807, 2.05) is 29.6 Å². The van der Waals surface area contributed by atoms with E-state index in [0.717, 1.165) is 36.2 Å². The van der Waals surface area contributed by atoms with Crippen LogP contribution < -0.4 is 15.5 Å². The molecule has 1 fully saturated rings. The van der Waals surface area contributed by atoms with Gasteiger partial charge in [0.2, 0.25) is 0 Å². The Kier molecular flexibility index (Phi) is 4.21. The molecule has 25 heavy (non-hydrogen) atoms. The summed E-state index contributed by atoms with van der Waals surface area (Å²) >= 11 is 1.70. The van der Waals surface area contributed by atoms with E-state index >= 15 is 0 Å². The second-order valence-electron chi connectivity index (χ2n) is 6.78. The molecule has 0 radical (unpaired) electrons. The highest BCUT2D eigenvalue weighted by Crippen LogP contribution is 2.33. The van der Waals surface area contributed by atoms with Gasteiger partial charge in [-0.1, -0.05) is 6.92 Å². The molecule has 2 heterocycles. The molecule has 5 nitrogen and oxygen atoms in total. The zero-order valence-electron chi connectivity index (χ0n) is 14.2. The number of hydrogen-bond acceptors (Lipinski definition) is 3. The predicted molar refractivity (Wildman–Crippen MR) is 101 cm³/mol. The van der Waals surface area contributed by atoms with E-state index in [2.05, 4.69) is 17.6 Å². The van der Waals surface area contributed by atoms with Gasteiger partial charge in [-0.15, -0.1) is 11.3 Å². The van der Waals surface area contributed by atoms with Crippen molar-refractivity contribution < 1.29 is 9.59 Å². The maximum absolute atomic E-state index is 12.6. The van der Waals surface area contributed by atoms with Crippen molar-refractivity contribution in [3.05, 3.63) is 45.6 Å². The van der Waals surface area contributed by atoms with E-state index in [0.29, 0.717) is 19.0 Å². The van der Waals surface area contributed by atoms with Crippen LogP contribution in [0.4, 0.5) is 16.2 Å². The number of nitrogens with zero attached hydrogens (tertiary/aromatic N) is 1. The van der Waals surface area contributed by atoms with Gasteiger partial charge in [0.25, 0.3) is 5.91 Å². The lowest BCUT2D eigenvalue weighted by molar-refractivity contribution is 0.102. The summed E-state index contributed by atoms with van der Waals surface area (Å²) in [6.07, 6.45) is 3.22. The predicted octanol–water partition coefficient (Wildman–Crippen LogP) is 3.65. The number of urea groups is 1. The fraction of sp³-hybridized carbons (Fsp3) is 0.368. The highest BCUT2D eigenvalue weighted by Gasteiger charge is 2.24. The summed E-state index contributed by atoms with van der Waals surface area (Å²) in [7, 11) is 0. The highest BCUT2D eigenvalue weighted by molar-refractivity contribution is 7.10. The van der Waals surface area contributed by atoms with Crippen molar-refractivity contribution in [2.24, 2.45) is 5.92 Å². The summed E-state index contributed by atoms with van der Waals surface area (Å²) < 4.78 is 0. The molecule has 0 saturated carbocycles. The van der Waals surface area contributed by atoms with Gasteiger partial charge in [0, 0.05) is 34.7 Å². The van der Waals surface area contributed by atoms with Crippen LogP contribution in [0.3, 0.4) is 0 Å². The lowest BCUT2D eigenvalue weighted by Crippen LogP contribution is -2.27. The number of nitrogens with one attached hydrogen (secondary N) is 2. The summed E-state index contributed by atoms with van der Waals surface area (Å²) in [6, 6.07) is 7.35. The zero-order chi connectivity index (χ0) is 17.4. The maximum atomic E-state index is 12.6. The van der Waals surface area contributed by atoms with Crippen molar-refractivity contribution in [2.75, 3.05) is 23.3 Å². The van der Waals surface area contributed by atoms with Gasteiger partial charge >= 0.3 is 6.03 Å². The van der Waals surface area contributed by atoms with Gasteiger partial charge in [-0.2, -0.15) is 0 Å². The quantitative estimate of drug-likeness (QED) is 0.883. The van der Waals surface area contributed by atoms with Gasteiger partial charge in [-0.3, -0.25) is 9.69 Å². The van der Waals surface area contributed by atoms with Crippen molar-refractivity contribution in [3.8, 4) is 0 Å². The number of fused-ring (bicyclic) bond motifs is 1. The molecule has 2 aliphatic rings. The topological polar surface area (TPSA) is 61.4 Å². The molecule has 2 aromatic rings. The van der Waals surface area contributed by atoms with Crippen molar-refractivity contribution in [1.29, 1.82) is 0 Å². The average molecular weight is 355 g/mol. The Balaban J connectivity index is 1.47. The van der Waals surface area contributed by atoms with Crippen LogP contribution in [0.5, 0.6) is 0 Å². The highest BCUT2D eigenvalue weighted by atomic mass is 32.1. The summed E-state index contributed by atoms with van der Waals surface area (Å²) in [6.45, 7) is 3.60. The monoisotopic (exact) mass is 355 g/mol. The van der Waals surface area contributed by atoms with Gasteiger partial charge in [0.1, 0.15) is 0 Å². The smallest absolute Gasteiger partial charge is 0.321 e. The zero-order valence-corrected chi connectivity index (χ0v) is 15.0. The maximum Gasteiger partial charge on any atom is 0.321 e. The van der Waals surface area contributed by atoms with E-state index in [9.17, 15) is 9.59 Å². The molecule has 130 valence electrons. The standard InChI is InChI=1S/C19H21N3O2S/c1-12-2-7-15-16(11-25-17(15)10-12)18(23)21-13-3-5-14(6-4-13)22-9-8-20-19(22)24/h3-6,11-12H,2,7-10H2,1H3,(H,20,24)(H,21,23). The molecule has 1 saturated heterocycles. The summed E-state index contributed by atoms with van der Waals surface area (Å²) in [5.41, 5.74) is 3.63. The Hall–Kier alpha value is -2.34. The molecule has 1 aliphatic carbocycles. The van der Waals surface area contributed by atoms with Crippen LogP contribution in [0.15, 0.2) is 29.6 Å². The van der Waals surface area contributed by atoms with E-state index in [-0.39, 0.29) is 11.9 Å². The molecule has 2 N–H and O–H groups in total. The number of benzene rings is 1. The number of carbonyl (C=O) groups excluding carboxylic acids is 2. The molecule has 0 spiro atoms. The molecular weight excluding hydrogens is 334 g/mol. The van der Waals surface area contributed by atoms with E-state index in [1.165, 1.54) is 10.4 Å². The van der Waals surface area contributed by atoms with Crippen LogP contribution in [0.25, 0.3) is 0 Å². The normalized spacial score (nSPS) is 19.5. The Morgan fingerprint density at radius 3 is 2.84 bits per heavy atom. The SMILES string of the molecule is CC1CCc2c(C(=O)Nc3ccc(N4CCNC4=O)cc3)csc2C1. The van der Waals surface area contributed by atoms with Gasteiger partial charge in [0.05, 0.1) is 5.56 Å². The lowest BCUT2D eigenvalue weighted by Gasteiger charge is -2.19. The molecule has 3 amide bonds. The lowest BCUT2D eigenvalue weighted by atomic mass is 9.88. The van der Waals surface area contributed by atoms with E-state index in [4.69, 9.17) is 0 Å². The van der Waals surface area contributed by atoms with Crippen molar-refractivity contribution in [2.45, 2.75) is 26.2 Å². The number of hydrogen-bond donors (Lipinski definition) is 2. The number of thiophene rings is 1. The van der Waals surface area contributed by atoms with Crippen LogP contribution in [0.1, 0.15) is 34.1 Å². The van der Waals surface area contributed by atoms with Crippen LogP contribution in [-0.2, 0) is 12.8 Å². The van der Waals surface area contributed by atoms with E-state index < -0.39 is 0 Å². The molecule has 1 aliphatic heterocycles. The van der Waals surface area contributed by atoms with Gasteiger partial charge in [-0.05, 0) is 55.0 Å². The molecular formula is C19H21N3O2S. The van der Waals surface area contributed by atoms with Crippen LogP contribution >= 0.6 is 11.3 Å². The second kappa shape index (κ2) is 6.52. The molecule has 1 aromatic heterocycles. The minimum atomic E-state index is -0.0732. The number of amides is 3. The number of anilines is 2. The molecule has 1 atom stereocenters. The fourth-order valence-corrected chi connectivity index (χ4v) is 4.75. The molecule has 1 aromatic carbocycles. The first kappa shape index (κ1) is 16.1. The third kappa shape index (κ3) is 3.14. The first-order chi connectivity index (χ1) is 12.1. The molecule has 4 rings (SSSR count). The van der Waals surface area contributed by atoms with E-state index in [1.54, 1.807) is 16.2 Å². The third-order valence-corrected chi connectivity index (χ3v) is 5.99. The average Bonchev–Trinajstić information content (AvgIpc) is 3.21. The largest absolute Gasteiger partial charge is 0.336 e. The Morgan fingerprint density at radius 1 is 1.32 bits per heavy atom. The van der Waals surface area contributed by atoms with Crippen LogP contribution in [0, 0.1) is 5.92 Å². The summed E-state index contributed by atoms with van der Waals surface area (Å²) in [4.78, 5) is 27.4. The first-order valence-electron chi connectivity index (χ1n) is 8.68. The van der Waals surface area contributed by atoms with Crippen LogP contribution in [-0.4, -0.2) is 25.0 Å². The minimum absolute atomic E-state index is 0.0429. The van der Waals surface area contributed by atoms with Gasteiger partial charge < -0.3 is 10.6 Å². The van der Waals surface area contributed by atoms with Gasteiger partial charge in [0.15, 0.2) is 0 Å². The third-order valence-electron chi connectivity index (χ3n) is 4.94. The first-order valence-corrected chi connectivity index (χ1v) is 9.56. The van der Waals surface area contributed by atoms with Crippen molar-refractivity contribution >= 4 is 34.6 Å². The molecule has 1 unspecified atom stereocenters. The van der Waals surface area contributed by atoms with Gasteiger partial charge in [-0.25, -0.2) is 4.79 Å². The number of carbonyl (C=O) groups is 2. The Labute approximate surface area is 151 Å². The van der Waals surface area contributed by atoms with Crippen molar-refractivity contribution in [1.82, 2.24) is 5.32 Å². The Morgan fingerprint density at radius 2 is 2.12 bits per heavy atom. The minimum Gasteiger partial charge on any atom is -0.336 e. The Bertz CT molecular complexity index is 813. The molecule has 6 heteroatoms. The molecule has 0 bridgehead atoms. The van der Waals surface area contributed by atoms with Crippen molar-refractivity contribution in [3.63, 3.8) is 0 Å². The summed E-state index contributed by atoms with van der Waals surface area (Å²) in [5.74, 6) is 0.663. The van der Waals surface area contributed by atoms with Crippen LogP contribution in [0.2, 0.25) is 0 Å². The fourth-order valence-electron chi connectivity index (χ4n) is 3.51. The second-order valence-corrected chi connectivity index (χ2v) is 7.75.